The molecule has 1 N–H and O–H groups in total. The fourth-order valence-electron chi connectivity index (χ4n) is 4.14. The fraction of sp³-hybridized carbons (Fsp3) is 0.129. The molecule has 0 aliphatic heterocycles. The average molecular weight is 489 g/mol. The maximum Gasteiger partial charge on any atom is 0.256 e. The highest BCUT2D eigenvalue weighted by Gasteiger charge is 2.16. The summed E-state index contributed by atoms with van der Waals surface area (Å²) >= 11 is 0. The fourth-order valence-corrected chi connectivity index (χ4v) is 4.14. The monoisotopic (exact) mass is 488 g/mol. The molecule has 37 heavy (non-hydrogen) atoms. The van der Waals surface area contributed by atoms with E-state index in [9.17, 15) is 4.79 Å². The lowest BCUT2D eigenvalue weighted by molar-refractivity contribution is -0.111. The summed E-state index contributed by atoms with van der Waals surface area (Å²) < 4.78 is 7.56. The van der Waals surface area contributed by atoms with Crippen LogP contribution in [-0.2, 0) is 4.79 Å². The Morgan fingerprint density at radius 3 is 2.30 bits per heavy atom. The van der Waals surface area contributed by atoms with Crippen LogP contribution in [0.2, 0.25) is 0 Å². The van der Waals surface area contributed by atoms with Crippen molar-refractivity contribution in [2.45, 2.75) is 26.9 Å². The second kappa shape index (κ2) is 10.5. The minimum absolute atomic E-state index is 0.0985. The summed E-state index contributed by atoms with van der Waals surface area (Å²) in [5, 5.41) is 8.58. The maximum absolute atomic E-state index is 13.5. The van der Waals surface area contributed by atoms with Gasteiger partial charge in [0.05, 0.1) is 29.4 Å². The topological polar surface area (TPSA) is 69.0 Å². The molecule has 0 saturated heterocycles. The van der Waals surface area contributed by atoms with E-state index in [2.05, 4.69) is 15.4 Å². The number of aromatic nitrogens is 3. The van der Waals surface area contributed by atoms with E-state index in [0.717, 1.165) is 39.3 Å². The van der Waals surface area contributed by atoms with Gasteiger partial charge in [0.1, 0.15) is 5.75 Å². The number of fused-ring (bicyclic) bond motifs is 1. The van der Waals surface area contributed by atoms with E-state index in [4.69, 9.17) is 4.74 Å². The van der Waals surface area contributed by atoms with Crippen molar-refractivity contribution in [2.75, 3.05) is 5.32 Å². The van der Waals surface area contributed by atoms with Crippen LogP contribution in [0.15, 0.2) is 97.2 Å². The van der Waals surface area contributed by atoms with Crippen molar-refractivity contribution in [1.82, 2.24) is 14.8 Å². The molecular weight excluding hydrogens is 460 g/mol. The van der Waals surface area contributed by atoms with Gasteiger partial charge in [0.25, 0.3) is 5.91 Å². The van der Waals surface area contributed by atoms with E-state index in [1.807, 2.05) is 123 Å². The molecular formula is C31H28N4O2. The maximum atomic E-state index is 13.5. The second-order valence-corrected chi connectivity index (χ2v) is 9.04. The molecule has 0 saturated carbocycles. The van der Waals surface area contributed by atoms with E-state index in [1.54, 1.807) is 6.20 Å². The van der Waals surface area contributed by atoms with Gasteiger partial charge in [-0.1, -0.05) is 60.7 Å². The summed E-state index contributed by atoms with van der Waals surface area (Å²) in [5.41, 5.74) is 5.40. The Balaban J connectivity index is 1.45. The second-order valence-electron chi connectivity index (χ2n) is 9.04. The first-order valence-corrected chi connectivity index (χ1v) is 12.2. The molecule has 1 amide bonds. The van der Waals surface area contributed by atoms with E-state index < -0.39 is 0 Å². The molecule has 2 heterocycles. The SMILES string of the molecule is Cc1nn(-c2ccccc2)c2ncc(NC(=O)/C(=C/c3ccc(OC(C)C)cc3)c3ccccc3)cc12. The van der Waals surface area contributed by atoms with Crippen molar-refractivity contribution in [2.24, 2.45) is 0 Å². The Hall–Kier alpha value is -4.71. The van der Waals surface area contributed by atoms with Crippen molar-refractivity contribution in [3.63, 3.8) is 0 Å². The summed E-state index contributed by atoms with van der Waals surface area (Å²) in [7, 11) is 0. The van der Waals surface area contributed by atoms with Gasteiger partial charge in [-0.2, -0.15) is 5.10 Å². The number of nitrogens with one attached hydrogen (secondary N) is 1. The summed E-state index contributed by atoms with van der Waals surface area (Å²) in [6.07, 6.45) is 3.65. The number of amides is 1. The Morgan fingerprint density at radius 1 is 0.946 bits per heavy atom. The molecule has 5 aromatic rings. The van der Waals surface area contributed by atoms with Gasteiger partial charge in [0.2, 0.25) is 0 Å². The predicted molar refractivity (Wildman–Crippen MR) is 149 cm³/mol. The third-order valence-corrected chi connectivity index (χ3v) is 5.86. The van der Waals surface area contributed by atoms with E-state index in [0.29, 0.717) is 11.3 Å². The van der Waals surface area contributed by atoms with Gasteiger partial charge in [0.15, 0.2) is 5.65 Å². The van der Waals surface area contributed by atoms with Crippen LogP contribution in [0.1, 0.15) is 30.7 Å². The number of pyridine rings is 1. The number of rotatable bonds is 7. The first-order valence-electron chi connectivity index (χ1n) is 12.2. The highest BCUT2D eigenvalue weighted by molar-refractivity contribution is 6.29. The molecule has 6 nitrogen and oxygen atoms in total. The molecule has 0 fully saturated rings. The lowest BCUT2D eigenvalue weighted by Gasteiger charge is -2.11. The van der Waals surface area contributed by atoms with Gasteiger partial charge in [-0.15, -0.1) is 0 Å². The highest BCUT2D eigenvalue weighted by Crippen LogP contribution is 2.25. The minimum Gasteiger partial charge on any atom is -0.491 e. The molecule has 0 aliphatic rings. The zero-order valence-electron chi connectivity index (χ0n) is 21.1. The molecule has 0 spiro atoms. The van der Waals surface area contributed by atoms with Gasteiger partial charge in [0, 0.05) is 11.0 Å². The van der Waals surface area contributed by atoms with E-state index >= 15 is 0 Å². The van der Waals surface area contributed by atoms with Crippen molar-refractivity contribution >= 4 is 34.3 Å². The number of carbonyl (C=O) groups excluding carboxylic acids is 1. The first-order chi connectivity index (χ1) is 18.0. The normalized spacial score (nSPS) is 11.6. The van der Waals surface area contributed by atoms with Crippen molar-refractivity contribution in [3.05, 3.63) is 114 Å². The highest BCUT2D eigenvalue weighted by atomic mass is 16.5. The van der Waals surface area contributed by atoms with Gasteiger partial charge >= 0.3 is 0 Å². The van der Waals surface area contributed by atoms with Crippen LogP contribution in [0, 0.1) is 6.92 Å². The van der Waals surface area contributed by atoms with Crippen LogP contribution in [0.5, 0.6) is 5.75 Å². The molecule has 0 aliphatic carbocycles. The third kappa shape index (κ3) is 5.43. The largest absolute Gasteiger partial charge is 0.491 e. The molecule has 0 bridgehead atoms. The molecule has 0 radical (unpaired) electrons. The Morgan fingerprint density at radius 2 is 1.62 bits per heavy atom. The predicted octanol–water partition coefficient (Wildman–Crippen LogP) is 6.70. The smallest absolute Gasteiger partial charge is 0.256 e. The Bertz CT molecular complexity index is 1550. The Labute approximate surface area is 216 Å². The Kier molecular flexibility index (Phi) is 6.81. The van der Waals surface area contributed by atoms with Crippen LogP contribution in [-0.4, -0.2) is 26.8 Å². The zero-order valence-corrected chi connectivity index (χ0v) is 21.1. The minimum atomic E-state index is -0.219. The van der Waals surface area contributed by atoms with Gasteiger partial charge in [-0.05, 0) is 68.3 Å². The summed E-state index contributed by atoms with van der Waals surface area (Å²) in [5.74, 6) is 0.576. The number of nitrogens with zero attached hydrogens (tertiary/aromatic N) is 3. The molecule has 3 aromatic carbocycles. The standard InChI is InChI=1S/C31H28N4O2/c1-21(2)37-27-16-14-23(15-17-27)18-29(24-10-6-4-7-11-24)31(36)33-25-19-28-22(3)34-35(30(28)32-20-25)26-12-8-5-9-13-26/h4-21H,1-3H3,(H,33,36)/b29-18+. The molecule has 6 heteroatoms. The van der Waals surface area contributed by atoms with Gasteiger partial charge < -0.3 is 10.1 Å². The third-order valence-electron chi connectivity index (χ3n) is 5.86. The molecule has 0 unspecified atom stereocenters. The average Bonchev–Trinajstić information content (AvgIpc) is 3.24. The molecule has 184 valence electrons. The van der Waals surface area contributed by atoms with Crippen LogP contribution in [0.25, 0.3) is 28.4 Å². The number of para-hydroxylation sites is 1. The first kappa shape index (κ1) is 24.0. The summed E-state index contributed by atoms with van der Waals surface area (Å²) in [6, 6.07) is 29.2. The van der Waals surface area contributed by atoms with Gasteiger partial charge in [-0.3, -0.25) is 4.79 Å². The molecule has 2 aromatic heterocycles. The number of aryl methyl sites for hydroxylation is 1. The number of benzene rings is 3. The van der Waals surface area contributed by atoms with E-state index in [-0.39, 0.29) is 12.0 Å². The molecule has 0 atom stereocenters. The molecule has 5 rings (SSSR count). The number of anilines is 1. The van der Waals surface area contributed by atoms with Gasteiger partial charge in [-0.25, -0.2) is 9.67 Å². The summed E-state index contributed by atoms with van der Waals surface area (Å²) in [4.78, 5) is 18.2. The quantitative estimate of drug-likeness (QED) is 0.205. The number of carbonyl (C=O) groups is 1. The summed E-state index contributed by atoms with van der Waals surface area (Å²) in [6.45, 7) is 5.93. The zero-order chi connectivity index (χ0) is 25.8. The van der Waals surface area contributed by atoms with Crippen molar-refractivity contribution in [1.29, 1.82) is 0 Å². The van der Waals surface area contributed by atoms with Crippen molar-refractivity contribution in [3.8, 4) is 11.4 Å². The number of ether oxygens (including phenoxy) is 1. The lowest BCUT2D eigenvalue weighted by Crippen LogP contribution is -2.14. The lowest BCUT2D eigenvalue weighted by atomic mass is 10.0. The van der Waals surface area contributed by atoms with Crippen molar-refractivity contribution < 1.29 is 9.53 Å². The van der Waals surface area contributed by atoms with Crippen LogP contribution in [0.4, 0.5) is 5.69 Å². The van der Waals surface area contributed by atoms with E-state index in [1.165, 1.54) is 0 Å². The van der Waals surface area contributed by atoms with Crippen LogP contribution < -0.4 is 10.1 Å². The van der Waals surface area contributed by atoms with Crippen LogP contribution >= 0.6 is 0 Å². The number of hydrogen-bond acceptors (Lipinski definition) is 4. The number of hydrogen-bond donors (Lipinski definition) is 1. The van der Waals surface area contributed by atoms with Crippen LogP contribution in [0.3, 0.4) is 0 Å².